The van der Waals surface area contributed by atoms with Gasteiger partial charge in [0.1, 0.15) is 0 Å². The largest absolute Gasteiger partial charge is 0.459 e. The van der Waals surface area contributed by atoms with E-state index < -0.39 is 5.92 Å². The quantitative estimate of drug-likeness (QED) is 0.454. The number of piperidine rings is 1. The predicted octanol–water partition coefficient (Wildman–Crippen LogP) is 1.51. The van der Waals surface area contributed by atoms with E-state index in [1.54, 1.807) is 4.90 Å². The molecule has 0 spiro atoms. The summed E-state index contributed by atoms with van der Waals surface area (Å²) in [6, 6.07) is 0. The van der Waals surface area contributed by atoms with Crippen LogP contribution in [0.15, 0.2) is 0 Å². The normalized spacial score (nSPS) is 28.3. The van der Waals surface area contributed by atoms with Crippen LogP contribution >= 0.6 is 0 Å². The molecule has 0 atom stereocenters. The summed E-state index contributed by atoms with van der Waals surface area (Å²) in [4.78, 5) is 1.68. The number of hydrogen-bond donors (Lipinski definition) is 0. The van der Waals surface area contributed by atoms with Crippen LogP contribution in [0.4, 0.5) is 8.78 Å². The first-order valence-corrected chi connectivity index (χ1v) is 3.03. The van der Waals surface area contributed by atoms with Crippen LogP contribution in [0.5, 0.6) is 0 Å². The maximum atomic E-state index is 12.3. The Bertz CT molecular complexity index is 93.2. The highest BCUT2D eigenvalue weighted by molar-refractivity contribution is 4.76. The van der Waals surface area contributed by atoms with Gasteiger partial charge in [0.25, 0.3) is 0 Å². The third-order valence-corrected chi connectivity index (χ3v) is 1.59. The molecule has 1 aliphatic heterocycles. The molecule has 0 bridgehead atoms. The van der Waals surface area contributed by atoms with E-state index in [0.717, 1.165) is 0 Å². The molecule has 1 fully saturated rings. The SMILES string of the molecule is [CH2-]N1CCC(F)(F)CC1. The molecule has 0 amide bonds. The minimum atomic E-state index is -2.42. The summed E-state index contributed by atoms with van der Waals surface area (Å²) in [7, 11) is 3.56. The summed E-state index contributed by atoms with van der Waals surface area (Å²) in [5, 5.41) is 0. The van der Waals surface area contributed by atoms with Crippen LogP contribution in [0, 0.1) is 7.05 Å². The molecule has 0 saturated carbocycles. The fourth-order valence-electron chi connectivity index (χ4n) is 0.880. The smallest absolute Gasteiger partial charge is 0.250 e. The van der Waals surface area contributed by atoms with Crippen molar-refractivity contribution < 1.29 is 8.78 Å². The molecule has 3 heteroatoms. The molecule has 1 heterocycles. The Morgan fingerprint density at radius 2 is 1.67 bits per heavy atom. The standard InChI is InChI=1S/C6H10F2N/c1-9-4-2-6(7,8)3-5-9/h1-5H2/q-1. The van der Waals surface area contributed by atoms with Gasteiger partial charge in [0.2, 0.25) is 5.92 Å². The number of likely N-dealkylation sites (tertiary alicyclic amines) is 1. The lowest BCUT2D eigenvalue weighted by Crippen LogP contribution is -2.35. The van der Waals surface area contributed by atoms with Crippen molar-refractivity contribution in [3.05, 3.63) is 7.05 Å². The van der Waals surface area contributed by atoms with Crippen molar-refractivity contribution in [2.24, 2.45) is 0 Å². The van der Waals surface area contributed by atoms with Gasteiger partial charge in [-0.1, -0.05) is 0 Å². The first-order valence-electron chi connectivity index (χ1n) is 3.03. The van der Waals surface area contributed by atoms with Gasteiger partial charge < -0.3 is 4.90 Å². The van der Waals surface area contributed by atoms with E-state index in [4.69, 9.17) is 0 Å². The van der Waals surface area contributed by atoms with Crippen molar-refractivity contribution in [3.8, 4) is 0 Å². The van der Waals surface area contributed by atoms with Crippen molar-refractivity contribution >= 4 is 0 Å². The van der Waals surface area contributed by atoms with E-state index >= 15 is 0 Å². The van der Waals surface area contributed by atoms with Gasteiger partial charge in [0.05, 0.1) is 0 Å². The molecule has 0 aromatic carbocycles. The average Bonchev–Trinajstić information content (AvgIpc) is 1.78. The van der Waals surface area contributed by atoms with E-state index in [1.807, 2.05) is 0 Å². The minimum Gasteiger partial charge on any atom is -0.459 e. The Morgan fingerprint density at radius 3 is 2.00 bits per heavy atom. The molecule has 0 aromatic heterocycles. The molecule has 0 aromatic rings. The molecule has 0 radical (unpaired) electrons. The second kappa shape index (κ2) is 2.21. The zero-order valence-electron chi connectivity index (χ0n) is 5.24. The molecule has 0 N–H and O–H groups in total. The van der Waals surface area contributed by atoms with Gasteiger partial charge >= 0.3 is 0 Å². The Hall–Kier alpha value is -0.180. The van der Waals surface area contributed by atoms with Gasteiger partial charge in [-0.2, -0.15) is 0 Å². The van der Waals surface area contributed by atoms with Crippen LogP contribution < -0.4 is 0 Å². The second-order valence-electron chi connectivity index (χ2n) is 2.47. The number of alkyl halides is 2. The van der Waals surface area contributed by atoms with Crippen LogP contribution in [-0.2, 0) is 0 Å². The van der Waals surface area contributed by atoms with Crippen molar-refractivity contribution in [2.45, 2.75) is 18.8 Å². The van der Waals surface area contributed by atoms with Gasteiger partial charge in [-0.25, -0.2) is 8.78 Å². The zero-order chi connectivity index (χ0) is 6.91. The molecular formula is C6H10F2N-. The summed E-state index contributed by atoms with van der Waals surface area (Å²) < 4.78 is 24.6. The monoisotopic (exact) mass is 134 g/mol. The van der Waals surface area contributed by atoms with E-state index in [-0.39, 0.29) is 12.8 Å². The second-order valence-corrected chi connectivity index (χ2v) is 2.47. The Morgan fingerprint density at radius 1 is 1.22 bits per heavy atom. The van der Waals surface area contributed by atoms with E-state index in [0.29, 0.717) is 13.1 Å². The molecule has 9 heavy (non-hydrogen) atoms. The summed E-state index contributed by atoms with van der Waals surface area (Å²) in [5.41, 5.74) is 0. The highest BCUT2D eigenvalue weighted by Gasteiger charge is 2.30. The molecular weight excluding hydrogens is 124 g/mol. The molecule has 54 valence electrons. The molecule has 1 rings (SSSR count). The van der Waals surface area contributed by atoms with E-state index in [2.05, 4.69) is 7.05 Å². The summed E-state index contributed by atoms with van der Waals surface area (Å²) in [5.74, 6) is -2.42. The highest BCUT2D eigenvalue weighted by atomic mass is 19.3. The van der Waals surface area contributed by atoms with Crippen LogP contribution in [-0.4, -0.2) is 23.9 Å². The van der Waals surface area contributed by atoms with Crippen molar-refractivity contribution in [1.29, 1.82) is 0 Å². The Labute approximate surface area is 53.6 Å². The van der Waals surface area contributed by atoms with Crippen molar-refractivity contribution in [3.63, 3.8) is 0 Å². The molecule has 1 aliphatic rings. The maximum Gasteiger partial charge on any atom is 0.250 e. The third kappa shape index (κ3) is 1.90. The van der Waals surface area contributed by atoms with Gasteiger partial charge in [-0.05, 0) is 13.1 Å². The van der Waals surface area contributed by atoms with Crippen molar-refractivity contribution in [1.82, 2.24) is 4.90 Å². The van der Waals surface area contributed by atoms with Crippen LogP contribution in [0.2, 0.25) is 0 Å². The number of rotatable bonds is 0. The van der Waals surface area contributed by atoms with Crippen LogP contribution in [0.25, 0.3) is 0 Å². The number of nitrogens with zero attached hydrogens (tertiary/aromatic N) is 1. The topological polar surface area (TPSA) is 3.24 Å². The van der Waals surface area contributed by atoms with Crippen molar-refractivity contribution in [2.75, 3.05) is 13.1 Å². The van der Waals surface area contributed by atoms with Crippen LogP contribution in [0.1, 0.15) is 12.8 Å². The fraction of sp³-hybridized carbons (Fsp3) is 0.833. The van der Waals surface area contributed by atoms with E-state index in [9.17, 15) is 8.78 Å². The third-order valence-electron chi connectivity index (χ3n) is 1.59. The maximum absolute atomic E-state index is 12.3. The summed E-state index contributed by atoms with van der Waals surface area (Å²) in [6.45, 7) is 0.847. The summed E-state index contributed by atoms with van der Waals surface area (Å²) >= 11 is 0. The Kier molecular flexibility index (Phi) is 1.70. The van der Waals surface area contributed by atoms with Gasteiger partial charge in [0, 0.05) is 12.8 Å². The van der Waals surface area contributed by atoms with Gasteiger partial charge in [-0.3, -0.25) is 7.05 Å². The average molecular weight is 134 g/mol. The lowest BCUT2D eigenvalue weighted by atomic mass is 10.1. The molecule has 1 nitrogen and oxygen atoms in total. The number of halogens is 2. The highest BCUT2D eigenvalue weighted by Crippen LogP contribution is 2.26. The first kappa shape index (κ1) is 6.93. The van der Waals surface area contributed by atoms with Gasteiger partial charge in [0.15, 0.2) is 0 Å². The fourth-order valence-corrected chi connectivity index (χ4v) is 0.880. The minimum absolute atomic E-state index is 0.0312. The zero-order valence-corrected chi connectivity index (χ0v) is 5.24. The predicted molar refractivity (Wildman–Crippen MR) is 31.1 cm³/mol. The lowest BCUT2D eigenvalue weighted by Gasteiger charge is -2.34. The molecule has 1 saturated heterocycles. The first-order chi connectivity index (χ1) is 4.10. The lowest BCUT2D eigenvalue weighted by molar-refractivity contribution is -0.0474. The van der Waals surface area contributed by atoms with Crippen LogP contribution in [0.3, 0.4) is 0 Å². The van der Waals surface area contributed by atoms with Gasteiger partial charge in [-0.15, -0.1) is 0 Å². The molecule has 0 aliphatic carbocycles. The van der Waals surface area contributed by atoms with E-state index in [1.165, 1.54) is 0 Å². The Balaban J connectivity index is 2.35. The summed E-state index contributed by atoms with van der Waals surface area (Å²) in [6.07, 6.45) is -0.0625. The molecule has 0 unspecified atom stereocenters. The number of hydrogen-bond acceptors (Lipinski definition) is 1.